The van der Waals surface area contributed by atoms with E-state index in [0.29, 0.717) is 22.1 Å². The van der Waals surface area contributed by atoms with Crippen LogP contribution in [0.2, 0.25) is 10.0 Å². The summed E-state index contributed by atoms with van der Waals surface area (Å²) >= 11 is 12.0. The predicted molar refractivity (Wildman–Crippen MR) is 115 cm³/mol. The molecule has 1 amide bonds. The summed E-state index contributed by atoms with van der Waals surface area (Å²) in [4.78, 5) is 12.6. The molecule has 0 fully saturated rings. The molecule has 2 aromatic rings. The highest BCUT2D eigenvalue weighted by Crippen LogP contribution is 2.31. The van der Waals surface area contributed by atoms with Crippen LogP contribution in [-0.4, -0.2) is 41.3 Å². The van der Waals surface area contributed by atoms with Crippen molar-refractivity contribution in [1.82, 2.24) is 5.32 Å². The number of halogens is 2. The summed E-state index contributed by atoms with van der Waals surface area (Å²) in [5.74, 6) is 0.658. The van der Waals surface area contributed by atoms with Gasteiger partial charge in [0.05, 0.1) is 37.2 Å². The Kier molecular flexibility index (Phi) is 7.62. The maximum atomic E-state index is 12.6. The Bertz CT molecular complexity index is 998. The first kappa shape index (κ1) is 23.1. The summed E-state index contributed by atoms with van der Waals surface area (Å²) in [5, 5.41) is 3.26. The number of nitrogens with zero attached hydrogens (tertiary/aromatic N) is 1. The van der Waals surface area contributed by atoms with Crippen molar-refractivity contribution in [2.45, 2.75) is 13.0 Å². The summed E-state index contributed by atoms with van der Waals surface area (Å²) in [6, 6.07) is 9.12. The minimum absolute atomic E-state index is 0.123. The number of sulfonamides is 1. The largest absolute Gasteiger partial charge is 0.497 e. The number of carbonyl (C=O) groups excluding carboxylic acids is 1. The van der Waals surface area contributed by atoms with E-state index in [-0.39, 0.29) is 10.7 Å². The van der Waals surface area contributed by atoms with E-state index in [2.05, 4.69) is 5.32 Å². The van der Waals surface area contributed by atoms with Crippen molar-refractivity contribution in [2.24, 2.45) is 0 Å². The molecule has 0 saturated carbocycles. The van der Waals surface area contributed by atoms with Crippen molar-refractivity contribution in [3.05, 3.63) is 52.0 Å². The molecule has 7 nitrogen and oxygen atoms in total. The number of amides is 1. The van der Waals surface area contributed by atoms with Gasteiger partial charge in [-0.1, -0.05) is 23.2 Å². The lowest BCUT2D eigenvalue weighted by Gasteiger charge is -2.24. The van der Waals surface area contributed by atoms with Gasteiger partial charge in [-0.05, 0) is 43.3 Å². The van der Waals surface area contributed by atoms with Crippen molar-refractivity contribution in [3.8, 4) is 11.5 Å². The zero-order chi connectivity index (χ0) is 21.8. The molecule has 0 saturated heterocycles. The summed E-state index contributed by atoms with van der Waals surface area (Å²) < 4.78 is 36.0. The zero-order valence-corrected chi connectivity index (χ0v) is 18.7. The van der Waals surface area contributed by atoms with Crippen LogP contribution in [0.3, 0.4) is 0 Å². The normalized spacial score (nSPS) is 12.2. The lowest BCUT2D eigenvalue weighted by Crippen LogP contribution is -2.41. The fraction of sp³-hybridized carbons (Fsp3) is 0.316. The van der Waals surface area contributed by atoms with Crippen LogP contribution in [0.4, 0.5) is 5.69 Å². The molecular weight excluding hydrogens is 439 g/mol. The molecule has 0 heterocycles. The Hall–Kier alpha value is -2.16. The van der Waals surface area contributed by atoms with E-state index in [1.807, 2.05) is 0 Å². The minimum atomic E-state index is -3.77. The molecule has 1 atom stereocenters. The van der Waals surface area contributed by atoms with Crippen molar-refractivity contribution >= 4 is 44.8 Å². The zero-order valence-electron chi connectivity index (χ0n) is 16.4. The second kappa shape index (κ2) is 9.56. The molecule has 2 rings (SSSR count). The maximum Gasteiger partial charge on any atom is 0.241 e. The Balaban J connectivity index is 2.25. The van der Waals surface area contributed by atoms with Crippen molar-refractivity contribution in [2.75, 3.05) is 31.3 Å². The highest BCUT2D eigenvalue weighted by Gasteiger charge is 2.24. The number of hydrogen-bond acceptors (Lipinski definition) is 5. The maximum absolute atomic E-state index is 12.6. The highest BCUT2D eigenvalue weighted by molar-refractivity contribution is 7.92. The molecule has 0 unspecified atom stereocenters. The topological polar surface area (TPSA) is 84.9 Å². The van der Waals surface area contributed by atoms with E-state index >= 15 is 0 Å². The number of methoxy groups -OCH3 is 2. The van der Waals surface area contributed by atoms with Gasteiger partial charge in [-0.3, -0.25) is 9.10 Å². The van der Waals surface area contributed by atoms with Crippen LogP contribution in [0, 0.1) is 0 Å². The summed E-state index contributed by atoms with van der Waals surface area (Å²) in [6.07, 6.45) is 1.000. The summed E-state index contributed by atoms with van der Waals surface area (Å²) in [5.41, 5.74) is 0.857. The molecule has 1 N–H and O–H groups in total. The van der Waals surface area contributed by atoms with E-state index in [0.717, 1.165) is 10.6 Å². The van der Waals surface area contributed by atoms with E-state index in [1.54, 1.807) is 25.1 Å². The van der Waals surface area contributed by atoms with Crippen molar-refractivity contribution < 1.29 is 22.7 Å². The van der Waals surface area contributed by atoms with Crippen LogP contribution in [0.25, 0.3) is 0 Å². The van der Waals surface area contributed by atoms with Gasteiger partial charge in [0, 0.05) is 10.6 Å². The number of nitrogens with one attached hydrogen (secondary N) is 1. The molecule has 0 aliphatic heterocycles. The predicted octanol–water partition coefficient (Wildman–Crippen LogP) is 3.65. The number of anilines is 1. The number of carbonyl (C=O) groups is 1. The lowest BCUT2D eigenvalue weighted by molar-refractivity contribution is -0.120. The van der Waals surface area contributed by atoms with Gasteiger partial charge in [0.15, 0.2) is 0 Å². The van der Waals surface area contributed by atoms with Gasteiger partial charge in [0.1, 0.15) is 18.0 Å². The Morgan fingerprint density at radius 3 is 2.38 bits per heavy atom. The van der Waals surface area contributed by atoms with Gasteiger partial charge >= 0.3 is 0 Å². The second-order valence-corrected chi connectivity index (χ2v) is 9.01. The number of rotatable bonds is 8. The van der Waals surface area contributed by atoms with Crippen LogP contribution < -0.4 is 19.1 Å². The fourth-order valence-electron chi connectivity index (χ4n) is 2.74. The molecule has 0 aromatic heterocycles. The average molecular weight is 461 g/mol. The quantitative estimate of drug-likeness (QED) is 0.649. The van der Waals surface area contributed by atoms with Crippen LogP contribution in [0.5, 0.6) is 11.5 Å². The first-order chi connectivity index (χ1) is 13.6. The van der Waals surface area contributed by atoms with Crippen molar-refractivity contribution in [3.63, 3.8) is 0 Å². The van der Waals surface area contributed by atoms with Gasteiger partial charge in [0.25, 0.3) is 0 Å². The lowest BCUT2D eigenvalue weighted by atomic mass is 10.1. The smallest absolute Gasteiger partial charge is 0.241 e. The van der Waals surface area contributed by atoms with Crippen LogP contribution in [-0.2, 0) is 14.8 Å². The third-order valence-corrected chi connectivity index (χ3v) is 5.81. The van der Waals surface area contributed by atoms with E-state index in [1.165, 1.54) is 32.4 Å². The molecule has 158 valence electrons. The molecular formula is C19H22Cl2N2O5S. The fourth-order valence-corrected chi connectivity index (χ4v) is 4.17. The first-order valence-electron chi connectivity index (χ1n) is 8.51. The van der Waals surface area contributed by atoms with Gasteiger partial charge in [-0.25, -0.2) is 8.42 Å². The molecule has 0 radical (unpaired) electrons. The third kappa shape index (κ3) is 5.91. The van der Waals surface area contributed by atoms with Gasteiger partial charge in [-0.2, -0.15) is 0 Å². The van der Waals surface area contributed by atoms with E-state index in [9.17, 15) is 13.2 Å². The number of ether oxygens (including phenoxy) is 2. The third-order valence-electron chi connectivity index (χ3n) is 4.15. The monoisotopic (exact) mass is 460 g/mol. The van der Waals surface area contributed by atoms with Crippen LogP contribution >= 0.6 is 23.2 Å². The van der Waals surface area contributed by atoms with Crippen LogP contribution in [0.1, 0.15) is 18.5 Å². The molecule has 10 heteroatoms. The molecule has 0 bridgehead atoms. The van der Waals surface area contributed by atoms with Gasteiger partial charge in [-0.15, -0.1) is 0 Å². The summed E-state index contributed by atoms with van der Waals surface area (Å²) in [7, 11) is -0.714. The highest BCUT2D eigenvalue weighted by atomic mass is 35.5. The van der Waals surface area contributed by atoms with Gasteiger partial charge < -0.3 is 14.8 Å². The standard InChI is InChI=1S/C19H22Cl2N2O5S/c1-12(15-10-14(27-2)6-8-18(15)28-3)22-19(24)11-23(29(4,25)26)17-7-5-13(20)9-16(17)21/h5-10,12H,11H2,1-4H3,(H,22,24)/t12-/m1/s1. The molecule has 0 aliphatic rings. The molecule has 0 spiro atoms. The van der Waals surface area contributed by atoms with E-state index < -0.39 is 28.5 Å². The number of benzene rings is 2. The Morgan fingerprint density at radius 1 is 1.14 bits per heavy atom. The Labute approximate surface area is 180 Å². The SMILES string of the molecule is COc1ccc(OC)c([C@@H](C)NC(=O)CN(c2ccc(Cl)cc2Cl)S(C)(=O)=O)c1. The Morgan fingerprint density at radius 2 is 1.83 bits per heavy atom. The molecule has 0 aliphatic carbocycles. The second-order valence-electron chi connectivity index (χ2n) is 6.26. The molecule has 29 heavy (non-hydrogen) atoms. The average Bonchev–Trinajstić information content (AvgIpc) is 2.65. The summed E-state index contributed by atoms with van der Waals surface area (Å²) in [6.45, 7) is 1.31. The number of hydrogen-bond donors (Lipinski definition) is 1. The van der Waals surface area contributed by atoms with Crippen molar-refractivity contribution in [1.29, 1.82) is 0 Å². The van der Waals surface area contributed by atoms with Crippen LogP contribution in [0.15, 0.2) is 36.4 Å². The minimum Gasteiger partial charge on any atom is -0.497 e. The van der Waals surface area contributed by atoms with E-state index in [4.69, 9.17) is 32.7 Å². The van der Waals surface area contributed by atoms with Gasteiger partial charge in [0.2, 0.25) is 15.9 Å². The first-order valence-corrected chi connectivity index (χ1v) is 11.1. The molecule has 2 aromatic carbocycles.